The van der Waals surface area contributed by atoms with Gasteiger partial charge in [-0.15, -0.1) is 0 Å². The minimum atomic E-state index is 0.479. The van der Waals surface area contributed by atoms with Crippen molar-refractivity contribution in [2.75, 3.05) is 0 Å². The summed E-state index contributed by atoms with van der Waals surface area (Å²) >= 11 is 0. The summed E-state index contributed by atoms with van der Waals surface area (Å²) in [7, 11) is 0. The van der Waals surface area contributed by atoms with E-state index in [1.807, 2.05) is 53.1 Å². The van der Waals surface area contributed by atoms with Gasteiger partial charge in [0.25, 0.3) is 0 Å². The fourth-order valence-electron chi connectivity index (χ4n) is 2.12. The summed E-state index contributed by atoms with van der Waals surface area (Å²) in [4.78, 5) is 4.15. The Kier molecular flexibility index (Phi) is 3.18. The maximum absolute atomic E-state index is 9.20. The van der Waals surface area contributed by atoms with Gasteiger partial charge < -0.3 is 4.57 Å². The van der Waals surface area contributed by atoms with E-state index in [9.17, 15) is 5.26 Å². The topological polar surface area (TPSA) is 41.6 Å². The zero-order valence-corrected chi connectivity index (χ0v) is 10.7. The van der Waals surface area contributed by atoms with Crippen molar-refractivity contribution in [1.29, 1.82) is 5.26 Å². The Morgan fingerprint density at radius 2 is 1.95 bits per heavy atom. The van der Waals surface area contributed by atoms with E-state index in [1.54, 1.807) is 6.20 Å². The fourth-order valence-corrected chi connectivity index (χ4v) is 2.12. The maximum Gasteiger partial charge on any atom is 0.122 e. The molecule has 0 radical (unpaired) electrons. The number of hydrogen-bond donors (Lipinski definition) is 0. The summed E-state index contributed by atoms with van der Waals surface area (Å²) < 4.78 is 1.92. The quantitative estimate of drug-likeness (QED) is 0.629. The standard InChI is InChI=1S/C17H11N3/c18-13-16-12-14-6-1-2-9-17(14)20(16)11-5-8-15-7-3-4-10-19-15/h1-4,6-7,9-10,12H,11H2. The molecule has 0 N–H and O–H groups in total. The molecular formula is C17H11N3. The normalized spacial score (nSPS) is 9.75. The van der Waals surface area contributed by atoms with Crippen LogP contribution in [0, 0.1) is 23.2 Å². The lowest BCUT2D eigenvalue weighted by atomic mass is 10.2. The SMILES string of the molecule is N#Cc1cc2ccccc2n1CC#Cc1ccccn1. The number of nitrogens with zero attached hydrogens (tertiary/aromatic N) is 3. The van der Waals surface area contributed by atoms with Crippen LogP contribution in [0.2, 0.25) is 0 Å². The number of benzene rings is 1. The van der Waals surface area contributed by atoms with E-state index in [0.29, 0.717) is 12.2 Å². The highest BCUT2D eigenvalue weighted by Gasteiger charge is 2.05. The second kappa shape index (κ2) is 5.30. The Morgan fingerprint density at radius 3 is 2.75 bits per heavy atom. The van der Waals surface area contributed by atoms with Gasteiger partial charge in [-0.25, -0.2) is 4.98 Å². The van der Waals surface area contributed by atoms with Gasteiger partial charge in [-0.2, -0.15) is 5.26 Å². The number of para-hydroxylation sites is 1. The van der Waals surface area contributed by atoms with Crippen LogP contribution in [0.4, 0.5) is 0 Å². The van der Waals surface area contributed by atoms with E-state index in [2.05, 4.69) is 22.9 Å². The molecule has 2 heterocycles. The molecule has 20 heavy (non-hydrogen) atoms. The van der Waals surface area contributed by atoms with Crippen molar-refractivity contribution in [1.82, 2.24) is 9.55 Å². The van der Waals surface area contributed by atoms with Gasteiger partial charge >= 0.3 is 0 Å². The van der Waals surface area contributed by atoms with Crippen LogP contribution in [0.5, 0.6) is 0 Å². The third kappa shape index (κ3) is 2.25. The first-order valence-corrected chi connectivity index (χ1v) is 6.27. The molecule has 0 saturated heterocycles. The van der Waals surface area contributed by atoms with Crippen molar-refractivity contribution < 1.29 is 0 Å². The van der Waals surface area contributed by atoms with Gasteiger partial charge in [0, 0.05) is 17.1 Å². The summed E-state index contributed by atoms with van der Waals surface area (Å²) in [6.07, 6.45) is 1.72. The van der Waals surface area contributed by atoms with Crippen LogP contribution in [0.15, 0.2) is 54.7 Å². The number of fused-ring (bicyclic) bond motifs is 1. The van der Waals surface area contributed by atoms with Crippen molar-refractivity contribution in [3.8, 4) is 17.9 Å². The van der Waals surface area contributed by atoms with Crippen LogP contribution < -0.4 is 0 Å². The Hall–Kier alpha value is -3.04. The van der Waals surface area contributed by atoms with E-state index in [4.69, 9.17) is 0 Å². The molecular weight excluding hydrogens is 246 g/mol. The number of rotatable bonds is 1. The Morgan fingerprint density at radius 1 is 1.10 bits per heavy atom. The Bertz CT molecular complexity index is 843. The predicted octanol–water partition coefficient (Wildman–Crippen LogP) is 2.96. The number of pyridine rings is 1. The molecule has 0 spiro atoms. The smallest absolute Gasteiger partial charge is 0.122 e. The molecule has 3 heteroatoms. The molecule has 0 atom stereocenters. The third-order valence-corrected chi connectivity index (χ3v) is 3.04. The van der Waals surface area contributed by atoms with Crippen molar-refractivity contribution >= 4 is 10.9 Å². The largest absolute Gasteiger partial charge is 0.321 e. The van der Waals surface area contributed by atoms with E-state index >= 15 is 0 Å². The second-order valence-electron chi connectivity index (χ2n) is 4.30. The summed E-state index contributed by atoms with van der Waals surface area (Å²) in [6.45, 7) is 0.479. The summed E-state index contributed by atoms with van der Waals surface area (Å²) in [5.74, 6) is 6.08. The van der Waals surface area contributed by atoms with Crippen molar-refractivity contribution in [2.24, 2.45) is 0 Å². The molecule has 0 aliphatic rings. The van der Waals surface area contributed by atoms with E-state index < -0.39 is 0 Å². The van der Waals surface area contributed by atoms with Crippen LogP contribution in [0.1, 0.15) is 11.4 Å². The van der Waals surface area contributed by atoms with Crippen molar-refractivity contribution in [3.05, 3.63) is 66.1 Å². The van der Waals surface area contributed by atoms with Gasteiger partial charge in [-0.3, -0.25) is 0 Å². The van der Waals surface area contributed by atoms with Crippen LogP contribution in [-0.4, -0.2) is 9.55 Å². The fraction of sp³-hybridized carbons (Fsp3) is 0.0588. The van der Waals surface area contributed by atoms with E-state index in [1.165, 1.54) is 0 Å². The first-order valence-electron chi connectivity index (χ1n) is 6.27. The van der Waals surface area contributed by atoms with Crippen LogP contribution in [0.25, 0.3) is 10.9 Å². The van der Waals surface area contributed by atoms with Crippen LogP contribution >= 0.6 is 0 Å². The molecule has 3 rings (SSSR count). The average Bonchev–Trinajstić information content (AvgIpc) is 2.87. The zero-order valence-electron chi connectivity index (χ0n) is 10.7. The Labute approximate surface area is 117 Å². The monoisotopic (exact) mass is 257 g/mol. The molecule has 1 aromatic carbocycles. The molecule has 0 unspecified atom stereocenters. The number of aromatic nitrogens is 2. The Balaban J connectivity index is 1.96. The second-order valence-corrected chi connectivity index (χ2v) is 4.30. The van der Waals surface area contributed by atoms with Crippen molar-refractivity contribution in [2.45, 2.75) is 6.54 Å². The minimum absolute atomic E-state index is 0.479. The number of hydrogen-bond acceptors (Lipinski definition) is 2. The summed E-state index contributed by atoms with van der Waals surface area (Å²) in [6, 6.07) is 17.7. The zero-order chi connectivity index (χ0) is 13.8. The van der Waals surface area contributed by atoms with E-state index in [0.717, 1.165) is 16.6 Å². The molecule has 0 bridgehead atoms. The molecule has 0 aliphatic carbocycles. The summed E-state index contributed by atoms with van der Waals surface area (Å²) in [5.41, 5.74) is 2.39. The maximum atomic E-state index is 9.20. The molecule has 0 saturated carbocycles. The van der Waals surface area contributed by atoms with Crippen molar-refractivity contribution in [3.63, 3.8) is 0 Å². The molecule has 3 aromatic rings. The van der Waals surface area contributed by atoms with Gasteiger partial charge in [0.1, 0.15) is 17.5 Å². The number of nitriles is 1. The molecule has 0 fully saturated rings. The van der Waals surface area contributed by atoms with Crippen LogP contribution in [0.3, 0.4) is 0 Å². The van der Waals surface area contributed by atoms with Gasteiger partial charge in [-0.05, 0) is 30.2 Å². The molecule has 2 aromatic heterocycles. The van der Waals surface area contributed by atoms with Gasteiger partial charge in [-0.1, -0.05) is 30.2 Å². The molecule has 94 valence electrons. The lowest BCUT2D eigenvalue weighted by Gasteiger charge is -2.00. The minimum Gasteiger partial charge on any atom is -0.321 e. The third-order valence-electron chi connectivity index (χ3n) is 3.04. The van der Waals surface area contributed by atoms with E-state index in [-0.39, 0.29) is 0 Å². The first-order chi connectivity index (χ1) is 9.88. The lowest BCUT2D eigenvalue weighted by Crippen LogP contribution is -1.98. The molecule has 0 amide bonds. The molecule has 3 nitrogen and oxygen atoms in total. The van der Waals surface area contributed by atoms with Gasteiger partial charge in [0.15, 0.2) is 0 Å². The summed E-state index contributed by atoms with van der Waals surface area (Å²) in [5, 5.41) is 10.3. The molecule has 0 aliphatic heterocycles. The highest BCUT2D eigenvalue weighted by molar-refractivity contribution is 5.82. The average molecular weight is 257 g/mol. The van der Waals surface area contributed by atoms with Gasteiger partial charge in [0.2, 0.25) is 0 Å². The first kappa shape index (κ1) is 12.0. The van der Waals surface area contributed by atoms with Gasteiger partial charge in [0.05, 0.1) is 6.54 Å². The van der Waals surface area contributed by atoms with Crippen LogP contribution in [-0.2, 0) is 6.54 Å². The highest BCUT2D eigenvalue weighted by Crippen LogP contribution is 2.18. The predicted molar refractivity (Wildman–Crippen MR) is 77.8 cm³/mol. The highest BCUT2D eigenvalue weighted by atomic mass is 15.0. The lowest BCUT2D eigenvalue weighted by molar-refractivity contribution is 0.869.